The molecule has 2 amide bonds. The van der Waals surface area contributed by atoms with E-state index in [4.69, 9.17) is 14.2 Å². The Morgan fingerprint density at radius 2 is 1.50 bits per heavy atom. The summed E-state index contributed by atoms with van der Waals surface area (Å²) in [5.41, 5.74) is -1.22. The van der Waals surface area contributed by atoms with E-state index in [-0.39, 0.29) is 12.2 Å². The first kappa shape index (κ1) is 21.8. The molecule has 0 aromatic carbocycles. The third kappa shape index (κ3) is 10.5. The zero-order valence-corrected chi connectivity index (χ0v) is 15.5. The third-order valence-electron chi connectivity index (χ3n) is 2.16. The van der Waals surface area contributed by atoms with Gasteiger partial charge in [-0.25, -0.2) is 14.4 Å². The standard InChI is InChI=1S/C16H28N2O6/c1-11(2)12(19)22-10-18(14(21)24-16(6,7)8)9-17-13(20)23-15(3,4)5/h1,9-10H2,2-8H3,(H,17,20). The van der Waals surface area contributed by atoms with E-state index in [2.05, 4.69) is 11.9 Å². The van der Waals surface area contributed by atoms with Crippen LogP contribution in [-0.2, 0) is 19.0 Å². The van der Waals surface area contributed by atoms with Gasteiger partial charge in [-0.05, 0) is 48.5 Å². The van der Waals surface area contributed by atoms with Crippen LogP contribution < -0.4 is 5.32 Å². The van der Waals surface area contributed by atoms with Gasteiger partial charge in [-0.15, -0.1) is 0 Å². The average molecular weight is 344 g/mol. The van der Waals surface area contributed by atoms with Gasteiger partial charge in [0.1, 0.15) is 17.9 Å². The summed E-state index contributed by atoms with van der Waals surface area (Å²) < 4.78 is 15.2. The summed E-state index contributed by atoms with van der Waals surface area (Å²) in [4.78, 5) is 36.3. The van der Waals surface area contributed by atoms with Crippen LogP contribution in [0.2, 0.25) is 0 Å². The summed E-state index contributed by atoms with van der Waals surface area (Å²) >= 11 is 0. The number of nitrogens with zero attached hydrogens (tertiary/aromatic N) is 1. The number of carbonyl (C=O) groups is 3. The van der Waals surface area contributed by atoms with Gasteiger partial charge in [-0.1, -0.05) is 6.58 Å². The van der Waals surface area contributed by atoms with E-state index in [0.29, 0.717) is 0 Å². The van der Waals surface area contributed by atoms with Crippen LogP contribution in [0.25, 0.3) is 0 Å². The van der Waals surface area contributed by atoms with Crippen LogP contribution in [0.3, 0.4) is 0 Å². The minimum absolute atomic E-state index is 0.194. The minimum Gasteiger partial charge on any atom is -0.444 e. The second-order valence-corrected chi connectivity index (χ2v) is 7.20. The summed E-state index contributed by atoms with van der Waals surface area (Å²) in [5.74, 6) is -0.652. The number of ether oxygens (including phenoxy) is 3. The summed E-state index contributed by atoms with van der Waals surface area (Å²) in [7, 11) is 0. The first-order valence-corrected chi connectivity index (χ1v) is 7.48. The molecule has 0 heterocycles. The van der Waals surface area contributed by atoms with Gasteiger partial charge in [0.15, 0.2) is 6.73 Å². The van der Waals surface area contributed by atoms with E-state index in [9.17, 15) is 14.4 Å². The van der Waals surface area contributed by atoms with Gasteiger partial charge >= 0.3 is 18.2 Å². The van der Waals surface area contributed by atoms with Crippen LogP contribution in [0, 0.1) is 0 Å². The lowest BCUT2D eigenvalue weighted by Gasteiger charge is -2.27. The summed E-state index contributed by atoms with van der Waals surface area (Å²) in [6.07, 6.45) is -1.45. The molecule has 0 saturated heterocycles. The van der Waals surface area contributed by atoms with Gasteiger partial charge in [0.2, 0.25) is 0 Å². The van der Waals surface area contributed by atoms with Crippen molar-refractivity contribution in [3.63, 3.8) is 0 Å². The quantitative estimate of drug-likeness (QED) is 0.357. The van der Waals surface area contributed by atoms with Crippen molar-refractivity contribution in [3.8, 4) is 0 Å². The highest BCUT2D eigenvalue weighted by atomic mass is 16.6. The van der Waals surface area contributed by atoms with Crippen molar-refractivity contribution in [3.05, 3.63) is 12.2 Å². The van der Waals surface area contributed by atoms with E-state index in [1.165, 1.54) is 6.92 Å². The second kappa shape index (κ2) is 8.56. The van der Waals surface area contributed by atoms with Crippen molar-refractivity contribution >= 4 is 18.2 Å². The molecular weight excluding hydrogens is 316 g/mol. The van der Waals surface area contributed by atoms with Crippen molar-refractivity contribution < 1.29 is 28.6 Å². The molecule has 138 valence electrons. The van der Waals surface area contributed by atoms with Crippen molar-refractivity contribution in [1.82, 2.24) is 10.2 Å². The Morgan fingerprint density at radius 3 is 1.92 bits per heavy atom. The highest BCUT2D eigenvalue weighted by Gasteiger charge is 2.24. The van der Waals surface area contributed by atoms with Gasteiger partial charge in [-0.3, -0.25) is 4.90 Å². The molecule has 8 nitrogen and oxygen atoms in total. The van der Waals surface area contributed by atoms with Crippen LogP contribution in [0.4, 0.5) is 9.59 Å². The van der Waals surface area contributed by atoms with E-state index in [1.807, 2.05) is 0 Å². The van der Waals surface area contributed by atoms with Crippen LogP contribution in [-0.4, -0.2) is 47.7 Å². The molecule has 0 unspecified atom stereocenters. The monoisotopic (exact) mass is 344 g/mol. The number of nitrogens with one attached hydrogen (secondary N) is 1. The Morgan fingerprint density at radius 1 is 1.00 bits per heavy atom. The number of amides is 2. The van der Waals surface area contributed by atoms with Crippen molar-refractivity contribution in [2.45, 2.75) is 59.7 Å². The fourth-order valence-electron chi connectivity index (χ4n) is 1.22. The molecule has 24 heavy (non-hydrogen) atoms. The molecule has 1 N–H and O–H groups in total. The van der Waals surface area contributed by atoms with E-state index < -0.39 is 36.1 Å². The van der Waals surface area contributed by atoms with Crippen LogP contribution >= 0.6 is 0 Å². The number of carbonyl (C=O) groups excluding carboxylic acids is 3. The number of esters is 1. The number of alkyl carbamates (subject to hydrolysis) is 1. The maximum atomic E-state index is 12.1. The molecule has 0 spiro atoms. The molecular formula is C16H28N2O6. The fourth-order valence-corrected chi connectivity index (χ4v) is 1.22. The van der Waals surface area contributed by atoms with Gasteiger partial charge < -0.3 is 19.5 Å². The molecule has 0 rings (SSSR count). The van der Waals surface area contributed by atoms with Crippen LogP contribution in [0.5, 0.6) is 0 Å². The molecule has 0 aromatic rings. The predicted molar refractivity (Wildman–Crippen MR) is 88.1 cm³/mol. The fraction of sp³-hybridized carbons (Fsp3) is 0.688. The molecule has 0 aliphatic carbocycles. The maximum absolute atomic E-state index is 12.1. The number of rotatable bonds is 5. The van der Waals surface area contributed by atoms with E-state index >= 15 is 0 Å². The smallest absolute Gasteiger partial charge is 0.414 e. The molecule has 0 aliphatic heterocycles. The SMILES string of the molecule is C=C(C)C(=O)OCN(CNC(=O)OC(C)(C)C)C(=O)OC(C)(C)C. The molecule has 0 bridgehead atoms. The van der Waals surface area contributed by atoms with Crippen molar-refractivity contribution in [2.24, 2.45) is 0 Å². The molecule has 0 aromatic heterocycles. The Bertz CT molecular complexity index is 488. The van der Waals surface area contributed by atoms with E-state index in [1.54, 1.807) is 41.5 Å². The zero-order valence-electron chi connectivity index (χ0n) is 15.5. The average Bonchev–Trinajstić information content (AvgIpc) is 2.33. The first-order chi connectivity index (χ1) is 10.7. The minimum atomic E-state index is -0.743. The largest absolute Gasteiger partial charge is 0.444 e. The summed E-state index contributed by atoms with van der Waals surface area (Å²) in [5, 5.41) is 2.41. The molecule has 0 radical (unpaired) electrons. The summed E-state index contributed by atoms with van der Waals surface area (Å²) in [6, 6.07) is 0. The Balaban J connectivity index is 4.79. The lowest BCUT2D eigenvalue weighted by Crippen LogP contribution is -2.46. The second-order valence-electron chi connectivity index (χ2n) is 7.20. The van der Waals surface area contributed by atoms with Gasteiger partial charge in [0.05, 0.1) is 0 Å². The third-order valence-corrected chi connectivity index (χ3v) is 2.16. The molecule has 0 fully saturated rings. The Hall–Kier alpha value is -2.25. The Kier molecular flexibility index (Phi) is 7.76. The van der Waals surface area contributed by atoms with Crippen molar-refractivity contribution in [2.75, 3.05) is 13.4 Å². The molecule has 0 aliphatic rings. The summed E-state index contributed by atoms with van der Waals surface area (Å²) in [6.45, 7) is 14.5. The highest BCUT2D eigenvalue weighted by Crippen LogP contribution is 2.10. The Labute approximate surface area is 143 Å². The van der Waals surface area contributed by atoms with Crippen LogP contribution in [0.1, 0.15) is 48.5 Å². The molecule has 0 atom stereocenters. The lowest BCUT2D eigenvalue weighted by atomic mass is 10.2. The predicted octanol–water partition coefficient (Wildman–Crippen LogP) is 2.78. The van der Waals surface area contributed by atoms with E-state index in [0.717, 1.165) is 4.90 Å². The van der Waals surface area contributed by atoms with Crippen LogP contribution in [0.15, 0.2) is 12.2 Å². The molecule has 8 heteroatoms. The lowest BCUT2D eigenvalue weighted by molar-refractivity contribution is -0.143. The van der Waals surface area contributed by atoms with Gasteiger partial charge in [0, 0.05) is 5.57 Å². The topological polar surface area (TPSA) is 94.2 Å². The normalized spacial score (nSPS) is 11.3. The van der Waals surface area contributed by atoms with Crippen molar-refractivity contribution in [1.29, 1.82) is 0 Å². The van der Waals surface area contributed by atoms with Gasteiger partial charge in [-0.2, -0.15) is 0 Å². The van der Waals surface area contributed by atoms with Gasteiger partial charge in [0.25, 0.3) is 0 Å². The number of hydrogen-bond donors (Lipinski definition) is 1. The maximum Gasteiger partial charge on any atom is 0.414 e. The zero-order chi connectivity index (χ0) is 19.1. The number of hydrogen-bond acceptors (Lipinski definition) is 6. The first-order valence-electron chi connectivity index (χ1n) is 7.48. The molecule has 0 saturated carbocycles. The highest BCUT2D eigenvalue weighted by molar-refractivity contribution is 5.87.